The number of amidine groups is 1. The molecule has 8 nitrogen and oxygen atoms in total. The van der Waals surface area contributed by atoms with E-state index < -0.39 is 29.9 Å². The second-order valence-corrected chi connectivity index (χ2v) is 7.04. The van der Waals surface area contributed by atoms with Crippen LogP contribution >= 0.6 is 0 Å². The number of nitrogens with one attached hydrogen (secondary N) is 1. The van der Waals surface area contributed by atoms with Gasteiger partial charge in [0.25, 0.3) is 0 Å². The highest BCUT2D eigenvalue weighted by atomic mass is 19.4. The second-order valence-electron chi connectivity index (χ2n) is 7.04. The van der Waals surface area contributed by atoms with Gasteiger partial charge in [-0.15, -0.1) is 5.10 Å². The summed E-state index contributed by atoms with van der Waals surface area (Å²) in [6.45, 7) is 0.540. The Morgan fingerprint density at radius 2 is 1.84 bits per heavy atom. The molecule has 2 aromatic carbocycles. The fourth-order valence-corrected chi connectivity index (χ4v) is 3.78. The highest BCUT2D eigenvalue weighted by Crippen LogP contribution is 2.34. The number of hydrogen-bond acceptors (Lipinski definition) is 5. The molecule has 11 heteroatoms. The Hall–Kier alpha value is -3.89. The van der Waals surface area contributed by atoms with Crippen LogP contribution in [-0.4, -0.2) is 39.2 Å². The number of benzene rings is 2. The first-order valence-corrected chi connectivity index (χ1v) is 9.42. The van der Waals surface area contributed by atoms with Gasteiger partial charge in [-0.2, -0.15) is 13.2 Å². The van der Waals surface area contributed by atoms with E-state index in [0.29, 0.717) is 30.6 Å². The zero-order chi connectivity index (χ0) is 21.8. The largest absolute Gasteiger partial charge is 0.418 e. The zero-order valence-corrected chi connectivity index (χ0v) is 15.9. The summed E-state index contributed by atoms with van der Waals surface area (Å²) in [6.07, 6.45) is -4.62. The molecule has 0 fully saturated rings. The molecule has 0 radical (unpaired) electrons. The van der Waals surface area contributed by atoms with Crippen LogP contribution in [0.15, 0.2) is 58.3 Å². The monoisotopic (exact) mass is 428 g/mol. The first kappa shape index (κ1) is 19.1. The van der Waals surface area contributed by atoms with Gasteiger partial charge in [0.2, 0.25) is 11.9 Å². The minimum absolute atomic E-state index is 0.323. The van der Waals surface area contributed by atoms with Crippen LogP contribution in [-0.2, 0) is 17.5 Å². The molecule has 0 spiro atoms. The average Bonchev–Trinajstić information content (AvgIpc) is 3.33. The van der Waals surface area contributed by atoms with Gasteiger partial charge in [-0.1, -0.05) is 24.3 Å². The lowest BCUT2D eigenvalue weighted by atomic mass is 10.1. The Kier molecular flexibility index (Phi) is 4.20. The minimum atomic E-state index is -4.62. The molecule has 158 valence electrons. The summed E-state index contributed by atoms with van der Waals surface area (Å²) < 4.78 is 41.8. The maximum absolute atomic E-state index is 13.2. The number of nitrogens with zero attached hydrogens (tertiary/aromatic N) is 5. The van der Waals surface area contributed by atoms with E-state index in [4.69, 9.17) is 0 Å². The first-order valence-electron chi connectivity index (χ1n) is 9.42. The van der Waals surface area contributed by atoms with Crippen molar-refractivity contribution < 1.29 is 18.0 Å². The normalized spacial score (nSPS) is 14.5. The van der Waals surface area contributed by atoms with Crippen LogP contribution in [0.5, 0.6) is 0 Å². The molecule has 0 aliphatic carbocycles. The Morgan fingerprint density at radius 3 is 2.65 bits per heavy atom. The van der Waals surface area contributed by atoms with Crippen molar-refractivity contribution in [3.63, 3.8) is 0 Å². The summed E-state index contributed by atoms with van der Waals surface area (Å²) in [4.78, 5) is 31.8. The maximum atomic E-state index is 13.2. The lowest BCUT2D eigenvalue weighted by Gasteiger charge is -2.26. The van der Waals surface area contributed by atoms with E-state index in [9.17, 15) is 22.8 Å². The molecule has 3 aromatic rings. The van der Waals surface area contributed by atoms with Gasteiger partial charge >= 0.3 is 11.9 Å². The SMILES string of the molecule is O=C(Cn1nc2n(c1=O)-c1ccccc1C1=NCCN12)Nc1ccccc1C(F)(F)F. The Bertz CT molecular complexity index is 1290. The molecule has 2 aliphatic heterocycles. The molecule has 2 aliphatic rings. The van der Waals surface area contributed by atoms with Crippen molar-refractivity contribution >= 4 is 23.4 Å². The van der Waals surface area contributed by atoms with Crippen LogP contribution in [0.4, 0.5) is 24.8 Å². The number of hydrogen-bond donors (Lipinski definition) is 1. The molecule has 5 rings (SSSR count). The predicted octanol–water partition coefficient (Wildman–Crippen LogP) is 2.27. The van der Waals surface area contributed by atoms with Crippen molar-refractivity contribution in [1.29, 1.82) is 0 Å². The number of carbonyl (C=O) groups is 1. The van der Waals surface area contributed by atoms with E-state index in [2.05, 4.69) is 15.4 Å². The number of aromatic nitrogens is 3. The summed E-state index contributed by atoms with van der Waals surface area (Å²) in [7, 11) is 0. The minimum Gasteiger partial charge on any atom is -0.324 e. The van der Waals surface area contributed by atoms with E-state index in [1.807, 2.05) is 12.1 Å². The lowest BCUT2D eigenvalue weighted by molar-refractivity contribution is -0.137. The number of carbonyl (C=O) groups excluding carboxylic acids is 1. The number of fused-ring (bicyclic) bond motifs is 6. The van der Waals surface area contributed by atoms with Gasteiger partial charge in [0.1, 0.15) is 12.4 Å². The summed E-state index contributed by atoms with van der Waals surface area (Å²) in [5.74, 6) is 0.227. The predicted molar refractivity (Wildman–Crippen MR) is 107 cm³/mol. The van der Waals surface area contributed by atoms with Gasteiger partial charge < -0.3 is 5.32 Å². The number of amides is 1. The number of para-hydroxylation sites is 2. The van der Waals surface area contributed by atoms with Crippen LogP contribution < -0.4 is 15.9 Å². The summed E-state index contributed by atoms with van der Waals surface area (Å²) in [5, 5.41) is 6.51. The van der Waals surface area contributed by atoms with Crippen molar-refractivity contribution in [2.75, 3.05) is 23.3 Å². The molecule has 0 saturated heterocycles. The number of halogens is 3. The Morgan fingerprint density at radius 1 is 1.10 bits per heavy atom. The highest BCUT2D eigenvalue weighted by Gasteiger charge is 2.35. The molecule has 0 atom stereocenters. The molecule has 0 unspecified atom stereocenters. The Balaban J connectivity index is 1.48. The second kappa shape index (κ2) is 6.83. The molecule has 1 aromatic heterocycles. The van der Waals surface area contributed by atoms with Crippen LogP contribution in [0.1, 0.15) is 11.1 Å². The third-order valence-corrected chi connectivity index (χ3v) is 5.09. The molecule has 3 heterocycles. The summed E-state index contributed by atoms with van der Waals surface area (Å²) in [6, 6.07) is 11.9. The van der Waals surface area contributed by atoms with E-state index >= 15 is 0 Å². The fourth-order valence-electron chi connectivity index (χ4n) is 3.78. The summed E-state index contributed by atoms with van der Waals surface area (Å²) >= 11 is 0. The van der Waals surface area contributed by atoms with Gasteiger partial charge in [-0.3, -0.25) is 14.7 Å². The first-order chi connectivity index (χ1) is 14.8. The smallest absolute Gasteiger partial charge is 0.324 e. The third kappa shape index (κ3) is 3.09. The topological polar surface area (TPSA) is 84.5 Å². The maximum Gasteiger partial charge on any atom is 0.418 e. The van der Waals surface area contributed by atoms with Crippen LogP contribution in [0.2, 0.25) is 0 Å². The van der Waals surface area contributed by atoms with Crippen LogP contribution in [0.3, 0.4) is 0 Å². The van der Waals surface area contributed by atoms with Crippen molar-refractivity contribution in [3.8, 4) is 5.69 Å². The number of anilines is 2. The molecule has 31 heavy (non-hydrogen) atoms. The molecule has 1 amide bonds. The lowest BCUT2D eigenvalue weighted by Crippen LogP contribution is -2.37. The fraction of sp³-hybridized carbons (Fsp3) is 0.200. The van der Waals surface area contributed by atoms with Crippen molar-refractivity contribution in [1.82, 2.24) is 14.3 Å². The van der Waals surface area contributed by atoms with E-state index in [1.54, 1.807) is 17.0 Å². The zero-order valence-electron chi connectivity index (χ0n) is 15.9. The molecular formula is C20H15F3N6O2. The average molecular weight is 428 g/mol. The standard InChI is InChI=1S/C20H15F3N6O2/c21-20(22,23)13-6-2-3-7-14(13)25-16(30)11-28-19(31)29-15-8-4-1-5-12(15)17-24-9-10-27(17)18(29)26-28/h1-8H,9-11H2,(H,25,30). The van der Waals surface area contributed by atoms with Gasteiger partial charge in [-0.05, 0) is 24.3 Å². The van der Waals surface area contributed by atoms with Gasteiger partial charge in [0.15, 0.2) is 0 Å². The van der Waals surface area contributed by atoms with Crippen LogP contribution in [0.25, 0.3) is 5.69 Å². The van der Waals surface area contributed by atoms with Crippen molar-refractivity contribution in [3.05, 3.63) is 70.1 Å². The quantitative estimate of drug-likeness (QED) is 0.694. The highest BCUT2D eigenvalue weighted by molar-refractivity contribution is 6.14. The van der Waals surface area contributed by atoms with Gasteiger partial charge in [0.05, 0.1) is 23.5 Å². The van der Waals surface area contributed by atoms with Gasteiger partial charge in [-0.25, -0.2) is 14.0 Å². The molecule has 0 bridgehead atoms. The molecule has 0 saturated carbocycles. The van der Waals surface area contributed by atoms with E-state index in [1.165, 1.54) is 16.7 Å². The molecular weight excluding hydrogens is 413 g/mol. The Labute approximate surface area is 173 Å². The van der Waals surface area contributed by atoms with E-state index in [-0.39, 0.29) is 5.69 Å². The van der Waals surface area contributed by atoms with Crippen LogP contribution in [0, 0.1) is 0 Å². The number of aliphatic imine (C=N–C) groups is 1. The number of alkyl halides is 3. The van der Waals surface area contributed by atoms with Crippen molar-refractivity contribution in [2.45, 2.75) is 12.7 Å². The van der Waals surface area contributed by atoms with Crippen molar-refractivity contribution in [2.24, 2.45) is 4.99 Å². The summed E-state index contributed by atoms with van der Waals surface area (Å²) in [5.41, 5.74) is -0.540. The number of rotatable bonds is 3. The van der Waals surface area contributed by atoms with Gasteiger partial charge in [0, 0.05) is 12.1 Å². The molecule has 1 N–H and O–H groups in total. The third-order valence-electron chi connectivity index (χ3n) is 5.09. The van der Waals surface area contributed by atoms with E-state index in [0.717, 1.165) is 22.4 Å².